The molecule has 3 rings (SSSR count). The van der Waals surface area contributed by atoms with Crippen LogP contribution in [-0.4, -0.2) is 12.3 Å². The molecule has 1 heterocycles. The van der Waals surface area contributed by atoms with Gasteiger partial charge in [0.05, 0.1) is 5.02 Å². The summed E-state index contributed by atoms with van der Waals surface area (Å²) in [6, 6.07) is 10.1. The molecule has 0 bridgehead atoms. The van der Waals surface area contributed by atoms with Crippen LogP contribution in [0.2, 0.25) is 5.02 Å². The van der Waals surface area contributed by atoms with Crippen molar-refractivity contribution in [1.82, 2.24) is 0 Å². The molecule has 0 saturated carbocycles. The third-order valence-corrected chi connectivity index (χ3v) is 3.80. The van der Waals surface area contributed by atoms with Crippen LogP contribution in [0.4, 0.5) is 10.1 Å². The number of carbonyl (C=O) groups is 1. The number of halogens is 2. The Labute approximate surface area is 121 Å². The van der Waals surface area contributed by atoms with Gasteiger partial charge in [-0.15, -0.1) is 0 Å². The van der Waals surface area contributed by atoms with E-state index in [9.17, 15) is 9.18 Å². The molecule has 0 atom stereocenters. The average molecular weight is 290 g/mol. The van der Waals surface area contributed by atoms with Crippen molar-refractivity contribution in [3.05, 3.63) is 63.9 Å². The van der Waals surface area contributed by atoms with Crippen LogP contribution in [0.5, 0.6) is 0 Å². The molecular formula is C16H13ClFNO. The zero-order chi connectivity index (χ0) is 14.1. The zero-order valence-corrected chi connectivity index (χ0v) is 11.5. The van der Waals surface area contributed by atoms with Crippen molar-refractivity contribution in [3.8, 4) is 0 Å². The molecule has 1 N–H and O–H groups in total. The number of hydrogen-bond acceptors (Lipinski definition) is 2. The fourth-order valence-electron chi connectivity index (χ4n) is 2.40. The number of Topliss-reactive ketones (excluding diaryl/α,β-unsaturated/α-hetero) is 1. The first-order valence-corrected chi connectivity index (χ1v) is 6.85. The summed E-state index contributed by atoms with van der Waals surface area (Å²) in [5.41, 5.74) is 3.54. The van der Waals surface area contributed by atoms with Gasteiger partial charge < -0.3 is 5.32 Å². The number of fused-ring (bicyclic) bond motifs is 1. The molecule has 4 heteroatoms. The summed E-state index contributed by atoms with van der Waals surface area (Å²) in [6.07, 6.45) is 1.17. The monoisotopic (exact) mass is 289 g/mol. The Morgan fingerprint density at radius 3 is 2.90 bits per heavy atom. The van der Waals surface area contributed by atoms with E-state index in [1.807, 2.05) is 18.2 Å². The van der Waals surface area contributed by atoms with Gasteiger partial charge >= 0.3 is 0 Å². The third kappa shape index (κ3) is 2.54. The second-order valence-corrected chi connectivity index (χ2v) is 5.30. The smallest absolute Gasteiger partial charge is 0.167 e. The fraction of sp³-hybridized carbons (Fsp3) is 0.188. The molecule has 2 aromatic carbocycles. The van der Waals surface area contributed by atoms with Gasteiger partial charge in [0.15, 0.2) is 5.78 Å². The van der Waals surface area contributed by atoms with Crippen LogP contribution in [0.15, 0.2) is 36.4 Å². The predicted molar refractivity (Wildman–Crippen MR) is 78.1 cm³/mol. The maximum Gasteiger partial charge on any atom is 0.167 e. The molecule has 20 heavy (non-hydrogen) atoms. The molecule has 0 fully saturated rings. The zero-order valence-electron chi connectivity index (χ0n) is 10.7. The van der Waals surface area contributed by atoms with E-state index in [0.717, 1.165) is 18.7 Å². The van der Waals surface area contributed by atoms with E-state index in [0.29, 0.717) is 11.1 Å². The number of carbonyl (C=O) groups excluding carboxylic acids is 1. The van der Waals surface area contributed by atoms with Crippen LogP contribution in [0.25, 0.3) is 0 Å². The summed E-state index contributed by atoms with van der Waals surface area (Å²) in [7, 11) is 0. The van der Waals surface area contributed by atoms with Crippen molar-refractivity contribution in [1.29, 1.82) is 0 Å². The summed E-state index contributed by atoms with van der Waals surface area (Å²) in [5, 5.41) is 3.32. The number of benzene rings is 2. The lowest BCUT2D eigenvalue weighted by Gasteiger charge is -2.05. The molecule has 0 unspecified atom stereocenters. The Morgan fingerprint density at radius 1 is 1.25 bits per heavy atom. The molecule has 0 amide bonds. The van der Waals surface area contributed by atoms with Crippen LogP contribution in [0, 0.1) is 5.82 Å². The lowest BCUT2D eigenvalue weighted by atomic mass is 10.0. The van der Waals surface area contributed by atoms with Crippen LogP contribution in [-0.2, 0) is 12.8 Å². The van der Waals surface area contributed by atoms with Crippen molar-refractivity contribution in [2.24, 2.45) is 0 Å². The quantitative estimate of drug-likeness (QED) is 0.869. The number of ketones is 1. The van der Waals surface area contributed by atoms with Gasteiger partial charge in [-0.25, -0.2) is 4.39 Å². The van der Waals surface area contributed by atoms with Gasteiger partial charge in [-0.2, -0.15) is 0 Å². The molecule has 102 valence electrons. The standard InChI is InChI=1S/C16H13ClFNO/c17-13-4-1-10(7-14(13)18)8-16(20)12-3-2-11-5-6-19-15(11)9-12/h1-4,7,9,19H,5-6,8H2. The van der Waals surface area contributed by atoms with Gasteiger partial charge in [0, 0.05) is 24.2 Å². The van der Waals surface area contributed by atoms with Crippen LogP contribution >= 0.6 is 11.6 Å². The lowest BCUT2D eigenvalue weighted by Crippen LogP contribution is -2.04. The maximum absolute atomic E-state index is 13.4. The van der Waals surface area contributed by atoms with E-state index in [4.69, 9.17) is 11.6 Å². The van der Waals surface area contributed by atoms with E-state index in [-0.39, 0.29) is 17.2 Å². The van der Waals surface area contributed by atoms with Gasteiger partial charge in [-0.05, 0) is 35.7 Å². The number of anilines is 1. The van der Waals surface area contributed by atoms with E-state index < -0.39 is 5.82 Å². The summed E-state index contributed by atoms with van der Waals surface area (Å²) in [6.45, 7) is 0.912. The first-order valence-electron chi connectivity index (χ1n) is 6.47. The highest BCUT2D eigenvalue weighted by Gasteiger charge is 2.14. The Balaban J connectivity index is 1.80. The summed E-state index contributed by atoms with van der Waals surface area (Å²) in [5.74, 6) is -0.518. The number of rotatable bonds is 3. The predicted octanol–water partition coefficient (Wildman–Crippen LogP) is 3.87. The second kappa shape index (κ2) is 5.25. The van der Waals surface area contributed by atoms with Gasteiger partial charge in [-0.1, -0.05) is 29.8 Å². The topological polar surface area (TPSA) is 29.1 Å². The average Bonchev–Trinajstić information content (AvgIpc) is 2.90. The minimum Gasteiger partial charge on any atom is -0.384 e. The molecule has 0 spiro atoms. The molecule has 1 aliphatic rings. The highest BCUT2D eigenvalue weighted by atomic mass is 35.5. The summed E-state index contributed by atoms with van der Waals surface area (Å²) >= 11 is 5.63. The second-order valence-electron chi connectivity index (χ2n) is 4.90. The molecule has 0 radical (unpaired) electrons. The normalized spacial score (nSPS) is 12.9. The van der Waals surface area contributed by atoms with Crippen molar-refractivity contribution in [2.75, 3.05) is 11.9 Å². The van der Waals surface area contributed by atoms with Crippen LogP contribution < -0.4 is 5.32 Å². The molecule has 1 aliphatic heterocycles. The highest BCUT2D eigenvalue weighted by Crippen LogP contribution is 2.24. The van der Waals surface area contributed by atoms with Crippen molar-refractivity contribution >= 4 is 23.1 Å². The van der Waals surface area contributed by atoms with Crippen molar-refractivity contribution in [3.63, 3.8) is 0 Å². The maximum atomic E-state index is 13.4. The molecule has 0 aromatic heterocycles. The first-order chi connectivity index (χ1) is 9.63. The minimum absolute atomic E-state index is 0.0248. The van der Waals surface area contributed by atoms with E-state index in [1.165, 1.54) is 17.7 Å². The lowest BCUT2D eigenvalue weighted by molar-refractivity contribution is 0.0993. The Bertz CT molecular complexity index is 684. The van der Waals surface area contributed by atoms with Gasteiger partial charge in [0.1, 0.15) is 5.82 Å². The Morgan fingerprint density at radius 2 is 2.10 bits per heavy atom. The molecule has 0 aliphatic carbocycles. The molecule has 0 saturated heterocycles. The molecular weight excluding hydrogens is 277 g/mol. The largest absolute Gasteiger partial charge is 0.384 e. The van der Waals surface area contributed by atoms with Crippen molar-refractivity contribution < 1.29 is 9.18 Å². The van der Waals surface area contributed by atoms with E-state index in [1.54, 1.807) is 6.07 Å². The minimum atomic E-state index is -0.493. The molecule has 2 nitrogen and oxygen atoms in total. The van der Waals surface area contributed by atoms with Gasteiger partial charge in [0.2, 0.25) is 0 Å². The highest BCUT2D eigenvalue weighted by molar-refractivity contribution is 6.30. The van der Waals surface area contributed by atoms with E-state index >= 15 is 0 Å². The van der Waals surface area contributed by atoms with Crippen LogP contribution in [0.1, 0.15) is 21.5 Å². The summed E-state index contributed by atoms with van der Waals surface area (Å²) < 4.78 is 13.4. The third-order valence-electron chi connectivity index (χ3n) is 3.49. The molecule has 2 aromatic rings. The van der Waals surface area contributed by atoms with Gasteiger partial charge in [0.25, 0.3) is 0 Å². The number of hydrogen-bond donors (Lipinski definition) is 1. The Kier molecular flexibility index (Phi) is 3.45. The van der Waals surface area contributed by atoms with E-state index in [2.05, 4.69) is 5.32 Å². The Hall–Kier alpha value is -1.87. The van der Waals surface area contributed by atoms with Gasteiger partial charge in [-0.3, -0.25) is 4.79 Å². The number of nitrogens with one attached hydrogen (secondary N) is 1. The summed E-state index contributed by atoms with van der Waals surface area (Å²) in [4.78, 5) is 12.2. The SMILES string of the molecule is O=C(Cc1ccc(Cl)c(F)c1)c1ccc2c(c1)NCC2. The fourth-order valence-corrected chi connectivity index (χ4v) is 2.52. The first kappa shape index (κ1) is 13.1. The van der Waals surface area contributed by atoms with Crippen molar-refractivity contribution in [2.45, 2.75) is 12.8 Å². The van der Waals surface area contributed by atoms with Crippen LogP contribution in [0.3, 0.4) is 0 Å².